The molecule has 0 fully saturated rings. The number of benzene rings is 2. The van der Waals surface area contributed by atoms with Crippen molar-refractivity contribution in [2.75, 3.05) is 11.9 Å². The van der Waals surface area contributed by atoms with Gasteiger partial charge in [0.25, 0.3) is 5.91 Å². The van der Waals surface area contributed by atoms with Crippen LogP contribution in [0.2, 0.25) is 0 Å². The fourth-order valence-electron chi connectivity index (χ4n) is 5.04. The van der Waals surface area contributed by atoms with Crippen LogP contribution in [0.5, 0.6) is 0 Å². The van der Waals surface area contributed by atoms with Crippen LogP contribution in [-0.2, 0) is 22.6 Å². The van der Waals surface area contributed by atoms with Gasteiger partial charge in [0.2, 0.25) is 5.91 Å². The van der Waals surface area contributed by atoms with Crippen molar-refractivity contribution in [2.24, 2.45) is 17.8 Å². The van der Waals surface area contributed by atoms with Gasteiger partial charge in [-0.25, -0.2) is 4.39 Å². The first-order chi connectivity index (χ1) is 18.4. The maximum Gasteiger partial charge on any atom is 0.392 e. The molecule has 1 aliphatic heterocycles. The van der Waals surface area contributed by atoms with E-state index in [0.717, 1.165) is 6.92 Å². The number of carbonyl (C=O) groups excluding carboxylic acids is 2. The van der Waals surface area contributed by atoms with Crippen LogP contribution in [0, 0.1) is 23.6 Å². The van der Waals surface area contributed by atoms with Crippen molar-refractivity contribution in [1.82, 2.24) is 4.90 Å². The number of rotatable bonds is 9. The smallest absolute Gasteiger partial charge is 0.392 e. The Hall–Kier alpha value is -3.95. The Morgan fingerprint density at radius 1 is 1.18 bits per heavy atom. The lowest BCUT2D eigenvalue weighted by Crippen LogP contribution is -2.40. The van der Waals surface area contributed by atoms with Gasteiger partial charge in [-0.1, -0.05) is 43.4 Å². The number of halogens is 4. The zero-order valence-electron chi connectivity index (χ0n) is 21.2. The van der Waals surface area contributed by atoms with Crippen molar-refractivity contribution < 1.29 is 37.1 Å². The first-order valence-electron chi connectivity index (χ1n) is 12.6. The molecular formula is C29H28F4N2O4. The lowest BCUT2D eigenvalue weighted by atomic mass is 9.77. The number of nitrogens with one attached hydrogen (secondary N) is 1. The Kier molecular flexibility index (Phi) is 8.22. The van der Waals surface area contributed by atoms with Crippen LogP contribution in [0.25, 0.3) is 0 Å². The van der Waals surface area contributed by atoms with E-state index < -0.39 is 41.6 Å². The zero-order valence-corrected chi connectivity index (χ0v) is 21.2. The summed E-state index contributed by atoms with van der Waals surface area (Å²) in [7, 11) is 0. The van der Waals surface area contributed by atoms with E-state index in [1.54, 1.807) is 48.6 Å². The van der Waals surface area contributed by atoms with E-state index in [4.69, 9.17) is 5.11 Å². The van der Waals surface area contributed by atoms with Crippen molar-refractivity contribution in [3.8, 4) is 0 Å². The Balaban J connectivity index is 1.46. The average Bonchev–Trinajstić information content (AvgIpc) is 3.20. The summed E-state index contributed by atoms with van der Waals surface area (Å²) in [5.41, 5.74) is 2.24. The molecule has 4 rings (SSSR count). The van der Waals surface area contributed by atoms with E-state index in [1.165, 1.54) is 17.0 Å². The van der Waals surface area contributed by atoms with E-state index >= 15 is 0 Å². The fourth-order valence-corrected chi connectivity index (χ4v) is 5.04. The number of carbonyl (C=O) groups is 3. The van der Waals surface area contributed by atoms with E-state index in [9.17, 15) is 31.9 Å². The molecule has 0 radical (unpaired) electrons. The summed E-state index contributed by atoms with van der Waals surface area (Å²) in [4.78, 5) is 38.2. The van der Waals surface area contributed by atoms with Crippen molar-refractivity contribution in [3.05, 3.63) is 88.8 Å². The van der Waals surface area contributed by atoms with Crippen molar-refractivity contribution in [1.29, 1.82) is 0 Å². The van der Waals surface area contributed by atoms with Gasteiger partial charge in [0.05, 0.1) is 18.4 Å². The number of carboxylic acids is 1. The highest BCUT2D eigenvalue weighted by molar-refractivity contribution is 5.98. The number of anilines is 1. The summed E-state index contributed by atoms with van der Waals surface area (Å²) in [6, 6.07) is 10.7. The van der Waals surface area contributed by atoms with Gasteiger partial charge < -0.3 is 15.3 Å². The molecule has 6 nitrogen and oxygen atoms in total. The summed E-state index contributed by atoms with van der Waals surface area (Å²) < 4.78 is 55.5. The third kappa shape index (κ3) is 6.55. The van der Waals surface area contributed by atoms with Crippen LogP contribution < -0.4 is 5.32 Å². The van der Waals surface area contributed by atoms with Crippen LogP contribution >= 0.6 is 0 Å². The van der Waals surface area contributed by atoms with Gasteiger partial charge >= 0.3 is 12.1 Å². The number of amides is 2. The summed E-state index contributed by atoms with van der Waals surface area (Å²) in [6.07, 6.45) is 0.560. The molecule has 2 aromatic rings. The van der Waals surface area contributed by atoms with E-state index in [2.05, 4.69) is 5.32 Å². The minimum atomic E-state index is -4.61. The fraction of sp³-hybridized carbons (Fsp3) is 0.345. The zero-order chi connectivity index (χ0) is 28.3. The number of allylic oxidation sites excluding steroid dienone is 2. The van der Waals surface area contributed by atoms with E-state index in [0.29, 0.717) is 22.3 Å². The molecule has 0 spiro atoms. The molecule has 39 heavy (non-hydrogen) atoms. The minimum absolute atomic E-state index is 0.108. The molecule has 10 heteroatoms. The molecule has 0 saturated carbocycles. The Labute approximate surface area is 223 Å². The predicted molar refractivity (Wildman–Crippen MR) is 136 cm³/mol. The van der Waals surface area contributed by atoms with Crippen LogP contribution in [0.3, 0.4) is 0 Å². The molecule has 1 unspecified atom stereocenters. The van der Waals surface area contributed by atoms with E-state index in [-0.39, 0.29) is 43.9 Å². The Bertz CT molecular complexity index is 1330. The third-order valence-electron chi connectivity index (χ3n) is 7.21. The molecule has 3 atom stereocenters. The van der Waals surface area contributed by atoms with Crippen LogP contribution in [0.4, 0.5) is 23.2 Å². The van der Waals surface area contributed by atoms with Crippen LogP contribution in [-0.4, -0.2) is 40.5 Å². The molecule has 2 aliphatic rings. The lowest BCUT2D eigenvalue weighted by Gasteiger charge is -2.31. The molecule has 2 amide bonds. The number of carboxylic acid groups (broad SMARTS) is 1. The molecule has 0 bridgehead atoms. The highest BCUT2D eigenvalue weighted by Gasteiger charge is 2.47. The molecule has 0 saturated heterocycles. The number of nitrogens with zero attached hydrogens (tertiary/aromatic N) is 1. The van der Waals surface area contributed by atoms with Gasteiger partial charge in [-0.3, -0.25) is 14.4 Å². The monoisotopic (exact) mass is 544 g/mol. The number of hydrogen-bond donors (Lipinski definition) is 2. The molecule has 206 valence electrons. The van der Waals surface area contributed by atoms with Gasteiger partial charge in [-0.2, -0.15) is 13.2 Å². The maximum absolute atomic E-state index is 14.1. The average molecular weight is 545 g/mol. The highest BCUT2D eigenvalue weighted by Crippen LogP contribution is 2.39. The molecule has 1 heterocycles. The van der Waals surface area contributed by atoms with Gasteiger partial charge in [0.1, 0.15) is 5.82 Å². The summed E-state index contributed by atoms with van der Waals surface area (Å²) in [5.74, 6) is -6.64. The highest BCUT2D eigenvalue weighted by atomic mass is 19.4. The van der Waals surface area contributed by atoms with E-state index in [1.807, 2.05) is 0 Å². The maximum atomic E-state index is 14.1. The number of hydrogen-bond acceptors (Lipinski definition) is 3. The molecular weight excluding hydrogens is 516 g/mol. The lowest BCUT2D eigenvalue weighted by molar-refractivity contribution is -0.188. The normalized spacial score (nSPS) is 18.4. The van der Waals surface area contributed by atoms with Gasteiger partial charge in [0, 0.05) is 29.8 Å². The Morgan fingerprint density at radius 2 is 1.92 bits per heavy atom. The SMILES string of the molecule is C[C@H]([C@H](C(=O)Nc1cccc(CCC(=O)O)c1)C1C=CC(CN2Cc3c(F)cccc3C2=O)=CC1)C(F)(F)F. The number of fused-ring (bicyclic) bond motifs is 1. The standard InChI is InChI=1S/C29H28F4N2O4/c1-17(29(31,32)33)26(27(38)34-21-5-2-4-18(14-21)10-13-25(36)37)20-11-8-19(9-12-20)15-35-16-23-22(28(35)39)6-3-7-24(23)30/h2-9,11,14,17,20,26H,10,12-13,15-16H2,1H3,(H,34,38)(H,36,37)/t17-,20?,26+/m1/s1. The summed E-state index contributed by atoms with van der Waals surface area (Å²) in [6.45, 7) is 1.26. The minimum Gasteiger partial charge on any atom is -0.481 e. The van der Waals surface area contributed by atoms with Gasteiger partial charge in [-0.15, -0.1) is 0 Å². The van der Waals surface area contributed by atoms with Gasteiger partial charge in [-0.05, 0) is 54.2 Å². The summed E-state index contributed by atoms with van der Waals surface area (Å²) >= 11 is 0. The Morgan fingerprint density at radius 3 is 2.56 bits per heavy atom. The number of alkyl halides is 3. The van der Waals surface area contributed by atoms with Gasteiger partial charge in [0.15, 0.2) is 0 Å². The molecule has 1 aliphatic carbocycles. The van der Waals surface area contributed by atoms with Crippen LogP contribution in [0.15, 0.2) is 66.3 Å². The topological polar surface area (TPSA) is 86.7 Å². The second kappa shape index (κ2) is 11.4. The molecule has 0 aromatic heterocycles. The molecule has 2 aromatic carbocycles. The van der Waals surface area contributed by atoms with Crippen LogP contribution in [0.1, 0.15) is 41.3 Å². The van der Waals surface area contributed by atoms with Crippen molar-refractivity contribution in [3.63, 3.8) is 0 Å². The first kappa shape index (κ1) is 28.1. The second-order valence-corrected chi connectivity index (χ2v) is 9.90. The summed E-state index contributed by atoms with van der Waals surface area (Å²) in [5, 5.41) is 11.5. The van der Waals surface area contributed by atoms with Crippen molar-refractivity contribution >= 4 is 23.5 Å². The predicted octanol–water partition coefficient (Wildman–Crippen LogP) is 5.75. The quantitative estimate of drug-likeness (QED) is 0.394. The second-order valence-electron chi connectivity index (χ2n) is 9.90. The first-order valence-corrected chi connectivity index (χ1v) is 12.6. The third-order valence-corrected chi connectivity index (χ3v) is 7.21. The molecule has 2 N–H and O–H groups in total. The van der Waals surface area contributed by atoms with Crippen molar-refractivity contribution in [2.45, 2.75) is 38.9 Å². The number of aryl methyl sites for hydroxylation is 1. The number of aliphatic carboxylic acids is 1. The largest absolute Gasteiger partial charge is 0.481 e.